The molecule has 2 aromatic rings. The van der Waals surface area contributed by atoms with Gasteiger partial charge in [0.1, 0.15) is 0 Å². The number of nitrogens with one attached hydrogen (secondary N) is 1. The number of hydrogen-bond donors (Lipinski definition) is 2. The molecule has 2 rings (SSSR count). The summed E-state index contributed by atoms with van der Waals surface area (Å²) < 4.78 is 1.67. The molecule has 0 aliphatic heterocycles. The molecule has 1 aromatic carbocycles. The standard InChI is InChI=1S/C13H19N3O/c1-8(2)7-16-13(17)12-10(9(3)14)5-4-6-11(12)15-16/h4-6,8-9,15H,7,14H2,1-3H3. The average Bonchev–Trinajstić information content (AvgIpc) is 2.55. The van der Waals surface area contributed by atoms with Crippen molar-refractivity contribution in [2.75, 3.05) is 0 Å². The van der Waals surface area contributed by atoms with Crippen LogP contribution in [0.2, 0.25) is 0 Å². The first-order chi connectivity index (χ1) is 8.00. The third-order valence-corrected chi connectivity index (χ3v) is 2.85. The fraction of sp³-hybridized carbons (Fsp3) is 0.462. The molecule has 92 valence electrons. The molecule has 0 saturated carbocycles. The molecule has 0 aliphatic carbocycles. The molecule has 0 fully saturated rings. The molecule has 0 radical (unpaired) electrons. The Kier molecular flexibility index (Phi) is 3.07. The molecule has 1 heterocycles. The van der Waals surface area contributed by atoms with Gasteiger partial charge in [0.25, 0.3) is 5.56 Å². The minimum absolute atomic E-state index is 0.0293. The van der Waals surface area contributed by atoms with Crippen LogP contribution in [0.5, 0.6) is 0 Å². The van der Waals surface area contributed by atoms with Crippen molar-refractivity contribution in [3.8, 4) is 0 Å². The summed E-state index contributed by atoms with van der Waals surface area (Å²) in [5.74, 6) is 0.430. The lowest BCUT2D eigenvalue weighted by molar-refractivity contribution is 0.476. The van der Waals surface area contributed by atoms with E-state index in [1.165, 1.54) is 0 Å². The summed E-state index contributed by atoms with van der Waals surface area (Å²) >= 11 is 0. The van der Waals surface area contributed by atoms with E-state index in [0.717, 1.165) is 16.5 Å². The fourth-order valence-electron chi connectivity index (χ4n) is 2.11. The lowest BCUT2D eigenvalue weighted by Crippen LogP contribution is -2.20. The Hall–Kier alpha value is -1.55. The summed E-state index contributed by atoms with van der Waals surface area (Å²) in [7, 11) is 0. The molecule has 0 saturated heterocycles. The van der Waals surface area contributed by atoms with E-state index in [4.69, 9.17) is 5.73 Å². The number of nitrogens with two attached hydrogens (primary N) is 1. The molecule has 1 aromatic heterocycles. The van der Waals surface area contributed by atoms with Crippen LogP contribution >= 0.6 is 0 Å². The molecule has 4 nitrogen and oxygen atoms in total. The highest BCUT2D eigenvalue weighted by atomic mass is 16.1. The third kappa shape index (κ3) is 2.13. The van der Waals surface area contributed by atoms with Crippen LogP contribution in [0.1, 0.15) is 32.4 Å². The normalized spacial score (nSPS) is 13.5. The van der Waals surface area contributed by atoms with Crippen LogP contribution in [0.3, 0.4) is 0 Å². The Morgan fingerprint density at radius 1 is 1.35 bits per heavy atom. The van der Waals surface area contributed by atoms with Crippen molar-refractivity contribution in [2.45, 2.75) is 33.4 Å². The number of aromatic nitrogens is 2. The number of hydrogen-bond acceptors (Lipinski definition) is 2. The summed E-state index contributed by atoms with van der Waals surface area (Å²) in [4.78, 5) is 12.3. The Morgan fingerprint density at radius 3 is 2.65 bits per heavy atom. The molecular weight excluding hydrogens is 214 g/mol. The Bertz CT molecular complexity index is 578. The molecule has 0 amide bonds. The molecule has 4 heteroatoms. The van der Waals surface area contributed by atoms with Gasteiger partial charge in [0.15, 0.2) is 0 Å². The van der Waals surface area contributed by atoms with Crippen molar-refractivity contribution in [3.05, 3.63) is 34.1 Å². The molecule has 0 bridgehead atoms. The number of benzene rings is 1. The van der Waals surface area contributed by atoms with Crippen molar-refractivity contribution >= 4 is 10.9 Å². The second-order valence-electron chi connectivity index (χ2n) is 4.98. The zero-order valence-corrected chi connectivity index (χ0v) is 10.5. The predicted molar refractivity (Wildman–Crippen MR) is 70.0 cm³/mol. The van der Waals surface area contributed by atoms with Gasteiger partial charge in [0, 0.05) is 12.6 Å². The first kappa shape index (κ1) is 11.9. The summed E-state index contributed by atoms with van der Waals surface area (Å²) in [6, 6.07) is 5.63. The van der Waals surface area contributed by atoms with E-state index in [1.54, 1.807) is 4.68 Å². The van der Waals surface area contributed by atoms with E-state index < -0.39 is 0 Å². The molecule has 17 heavy (non-hydrogen) atoms. The van der Waals surface area contributed by atoms with Gasteiger partial charge in [0.05, 0.1) is 10.9 Å². The Morgan fingerprint density at radius 2 is 2.06 bits per heavy atom. The van der Waals surface area contributed by atoms with Crippen molar-refractivity contribution < 1.29 is 0 Å². The number of H-pyrrole nitrogens is 1. The second-order valence-corrected chi connectivity index (χ2v) is 4.98. The van der Waals surface area contributed by atoms with Gasteiger partial charge >= 0.3 is 0 Å². The highest BCUT2D eigenvalue weighted by Crippen LogP contribution is 2.18. The van der Waals surface area contributed by atoms with E-state index in [-0.39, 0.29) is 11.6 Å². The van der Waals surface area contributed by atoms with Crippen molar-refractivity contribution in [1.82, 2.24) is 9.78 Å². The molecule has 1 unspecified atom stereocenters. The van der Waals surface area contributed by atoms with Crippen LogP contribution in [-0.2, 0) is 6.54 Å². The molecule has 1 atom stereocenters. The summed E-state index contributed by atoms with van der Waals surface area (Å²) in [5, 5.41) is 3.86. The largest absolute Gasteiger partial charge is 0.324 e. The number of nitrogens with zero attached hydrogens (tertiary/aromatic N) is 1. The fourth-order valence-corrected chi connectivity index (χ4v) is 2.11. The minimum Gasteiger partial charge on any atom is -0.324 e. The van der Waals surface area contributed by atoms with Gasteiger partial charge in [-0.2, -0.15) is 0 Å². The van der Waals surface area contributed by atoms with Crippen molar-refractivity contribution in [3.63, 3.8) is 0 Å². The van der Waals surface area contributed by atoms with Gasteiger partial charge in [0.2, 0.25) is 0 Å². The summed E-state index contributed by atoms with van der Waals surface area (Å²) in [6.45, 7) is 6.77. The molecule has 0 spiro atoms. The van der Waals surface area contributed by atoms with Crippen LogP contribution in [0, 0.1) is 5.92 Å². The summed E-state index contributed by atoms with van der Waals surface area (Å²) in [5.41, 5.74) is 7.70. The van der Waals surface area contributed by atoms with Gasteiger partial charge in [-0.15, -0.1) is 0 Å². The SMILES string of the molecule is CC(C)Cn1[nH]c2cccc(C(C)N)c2c1=O. The summed E-state index contributed by atoms with van der Waals surface area (Å²) in [6.07, 6.45) is 0. The smallest absolute Gasteiger partial charge is 0.274 e. The van der Waals surface area contributed by atoms with Crippen LogP contribution < -0.4 is 11.3 Å². The number of rotatable bonds is 3. The third-order valence-electron chi connectivity index (χ3n) is 2.85. The van der Waals surface area contributed by atoms with E-state index in [1.807, 2.05) is 25.1 Å². The van der Waals surface area contributed by atoms with E-state index >= 15 is 0 Å². The maximum Gasteiger partial charge on any atom is 0.274 e. The van der Waals surface area contributed by atoms with E-state index in [9.17, 15) is 4.79 Å². The van der Waals surface area contributed by atoms with Crippen LogP contribution in [0.15, 0.2) is 23.0 Å². The topological polar surface area (TPSA) is 63.8 Å². The first-order valence-corrected chi connectivity index (χ1v) is 5.97. The minimum atomic E-state index is -0.130. The van der Waals surface area contributed by atoms with Gasteiger partial charge in [-0.05, 0) is 24.5 Å². The predicted octanol–water partition coefficient (Wildman–Crippen LogP) is 2.01. The maximum absolute atomic E-state index is 12.3. The van der Waals surface area contributed by atoms with E-state index in [2.05, 4.69) is 18.9 Å². The van der Waals surface area contributed by atoms with Crippen LogP contribution in [-0.4, -0.2) is 9.78 Å². The van der Waals surface area contributed by atoms with Gasteiger partial charge in [-0.25, -0.2) is 0 Å². The van der Waals surface area contributed by atoms with Gasteiger partial charge < -0.3 is 5.73 Å². The zero-order chi connectivity index (χ0) is 12.6. The van der Waals surface area contributed by atoms with Crippen molar-refractivity contribution in [1.29, 1.82) is 0 Å². The average molecular weight is 233 g/mol. The highest BCUT2D eigenvalue weighted by molar-refractivity contribution is 5.82. The Labute approximate surface area is 100 Å². The maximum atomic E-state index is 12.3. The monoisotopic (exact) mass is 233 g/mol. The van der Waals surface area contributed by atoms with Crippen molar-refractivity contribution in [2.24, 2.45) is 11.7 Å². The molecule has 3 N–H and O–H groups in total. The van der Waals surface area contributed by atoms with Gasteiger partial charge in [-0.3, -0.25) is 14.6 Å². The highest BCUT2D eigenvalue weighted by Gasteiger charge is 2.13. The lowest BCUT2D eigenvalue weighted by Gasteiger charge is -2.05. The first-order valence-electron chi connectivity index (χ1n) is 5.97. The quantitative estimate of drug-likeness (QED) is 0.851. The lowest BCUT2D eigenvalue weighted by atomic mass is 10.1. The second kappa shape index (κ2) is 4.37. The van der Waals surface area contributed by atoms with Gasteiger partial charge in [-0.1, -0.05) is 26.0 Å². The number of aromatic amines is 1. The van der Waals surface area contributed by atoms with Crippen LogP contribution in [0.25, 0.3) is 10.9 Å². The zero-order valence-electron chi connectivity index (χ0n) is 10.5. The Balaban J connectivity index is 2.66. The molecular formula is C13H19N3O. The van der Waals surface area contributed by atoms with E-state index in [0.29, 0.717) is 12.5 Å². The van der Waals surface area contributed by atoms with Crippen LogP contribution in [0.4, 0.5) is 0 Å². The number of fused-ring (bicyclic) bond motifs is 1. The molecule has 0 aliphatic rings.